The number of hydrogen-bond acceptors (Lipinski definition) is 4. The van der Waals surface area contributed by atoms with Crippen LogP contribution in [0.4, 0.5) is 5.82 Å². The molecule has 0 spiro atoms. The summed E-state index contributed by atoms with van der Waals surface area (Å²) in [7, 11) is 0. The number of fused-ring (bicyclic) bond motifs is 1. The van der Waals surface area contributed by atoms with E-state index in [9.17, 15) is 0 Å². The standard InChI is InChI=1S/C12H16BrN3OS/c1-12(2)8-17-5-3-16(12)10-9(7-13)15-4-6-18-11(15)14-10/h4,6H,3,5,7-8H2,1-2H3. The van der Waals surface area contributed by atoms with Crippen molar-refractivity contribution < 1.29 is 4.74 Å². The summed E-state index contributed by atoms with van der Waals surface area (Å²) in [5.41, 5.74) is 1.22. The molecule has 0 radical (unpaired) electrons. The van der Waals surface area contributed by atoms with Crippen LogP contribution >= 0.6 is 27.3 Å². The molecule has 0 saturated carbocycles. The summed E-state index contributed by atoms with van der Waals surface area (Å²) >= 11 is 5.26. The second-order valence-corrected chi connectivity index (χ2v) is 6.52. The van der Waals surface area contributed by atoms with Gasteiger partial charge in [0.15, 0.2) is 10.8 Å². The lowest BCUT2D eigenvalue weighted by Gasteiger charge is -2.42. The molecule has 0 N–H and O–H groups in total. The molecule has 0 amide bonds. The maximum Gasteiger partial charge on any atom is 0.195 e. The summed E-state index contributed by atoms with van der Waals surface area (Å²) < 4.78 is 7.75. The van der Waals surface area contributed by atoms with Gasteiger partial charge in [-0.15, -0.1) is 11.3 Å². The molecule has 1 aliphatic heterocycles. The Kier molecular flexibility index (Phi) is 3.11. The van der Waals surface area contributed by atoms with Crippen LogP contribution in [0.1, 0.15) is 19.5 Å². The van der Waals surface area contributed by atoms with Gasteiger partial charge in [-0.3, -0.25) is 4.40 Å². The zero-order chi connectivity index (χ0) is 12.8. The highest BCUT2D eigenvalue weighted by atomic mass is 79.9. The molecule has 18 heavy (non-hydrogen) atoms. The minimum Gasteiger partial charge on any atom is -0.377 e. The van der Waals surface area contributed by atoms with Gasteiger partial charge in [-0.2, -0.15) is 0 Å². The number of thiazole rings is 1. The number of nitrogens with zero attached hydrogens (tertiary/aromatic N) is 3. The third-order valence-electron chi connectivity index (χ3n) is 3.37. The van der Waals surface area contributed by atoms with Crippen molar-refractivity contribution in [2.45, 2.75) is 24.7 Å². The Labute approximate surface area is 119 Å². The molecule has 0 unspecified atom stereocenters. The lowest BCUT2D eigenvalue weighted by atomic mass is 10.0. The van der Waals surface area contributed by atoms with Crippen molar-refractivity contribution in [1.82, 2.24) is 9.38 Å². The van der Waals surface area contributed by atoms with Crippen LogP contribution in [0.5, 0.6) is 0 Å². The lowest BCUT2D eigenvalue weighted by Crippen LogP contribution is -2.53. The van der Waals surface area contributed by atoms with Crippen molar-refractivity contribution in [2.24, 2.45) is 0 Å². The summed E-state index contributed by atoms with van der Waals surface area (Å²) in [5.74, 6) is 1.09. The number of morpholine rings is 1. The van der Waals surface area contributed by atoms with Crippen LogP contribution in [0, 0.1) is 0 Å². The first-order valence-corrected chi connectivity index (χ1v) is 7.99. The Hall–Kier alpha value is -0.590. The van der Waals surface area contributed by atoms with Gasteiger partial charge in [0.2, 0.25) is 0 Å². The Morgan fingerprint density at radius 3 is 3.11 bits per heavy atom. The smallest absolute Gasteiger partial charge is 0.195 e. The molecule has 3 rings (SSSR count). The number of alkyl halides is 1. The summed E-state index contributed by atoms with van der Waals surface area (Å²) in [6.45, 7) is 6.84. The molecular formula is C12H16BrN3OS. The highest BCUT2D eigenvalue weighted by Crippen LogP contribution is 2.32. The van der Waals surface area contributed by atoms with Gasteiger partial charge in [-0.25, -0.2) is 4.98 Å². The molecule has 98 valence electrons. The molecule has 1 aliphatic rings. The van der Waals surface area contributed by atoms with E-state index < -0.39 is 0 Å². The van der Waals surface area contributed by atoms with Gasteiger partial charge in [-0.05, 0) is 13.8 Å². The van der Waals surface area contributed by atoms with Gasteiger partial charge in [0.05, 0.1) is 24.4 Å². The van der Waals surface area contributed by atoms with Gasteiger partial charge >= 0.3 is 0 Å². The Bertz CT molecular complexity index is 563. The van der Waals surface area contributed by atoms with Crippen LogP contribution in [0.3, 0.4) is 0 Å². The molecule has 1 fully saturated rings. The summed E-state index contributed by atoms with van der Waals surface area (Å²) in [6.07, 6.45) is 2.08. The maximum atomic E-state index is 5.58. The molecule has 4 nitrogen and oxygen atoms in total. The highest BCUT2D eigenvalue weighted by molar-refractivity contribution is 9.08. The lowest BCUT2D eigenvalue weighted by molar-refractivity contribution is 0.0639. The predicted octanol–water partition coefficient (Wildman–Crippen LogP) is 2.91. The van der Waals surface area contributed by atoms with Crippen LogP contribution in [-0.4, -0.2) is 34.7 Å². The zero-order valence-corrected chi connectivity index (χ0v) is 12.9. The normalized spacial score (nSPS) is 19.6. The first-order valence-electron chi connectivity index (χ1n) is 5.99. The third-order valence-corrected chi connectivity index (χ3v) is 4.66. The first-order chi connectivity index (χ1) is 8.63. The molecule has 0 aromatic carbocycles. The number of halogens is 1. The molecule has 0 bridgehead atoms. The van der Waals surface area contributed by atoms with Gasteiger partial charge in [0, 0.05) is 23.5 Å². The Balaban J connectivity index is 2.09. The van der Waals surface area contributed by atoms with Crippen LogP contribution in [-0.2, 0) is 10.1 Å². The second-order valence-electron chi connectivity index (χ2n) is 5.09. The summed E-state index contributed by atoms with van der Waals surface area (Å²) in [5, 5.41) is 2.89. The van der Waals surface area contributed by atoms with Crippen molar-refractivity contribution >= 4 is 38.0 Å². The van der Waals surface area contributed by atoms with Crippen LogP contribution in [0.15, 0.2) is 11.6 Å². The van der Waals surface area contributed by atoms with Gasteiger partial charge in [0.1, 0.15) is 0 Å². The molecule has 2 aromatic heterocycles. The van der Waals surface area contributed by atoms with Crippen LogP contribution in [0.2, 0.25) is 0 Å². The second kappa shape index (κ2) is 4.51. The molecule has 6 heteroatoms. The maximum absolute atomic E-state index is 5.58. The number of rotatable bonds is 2. The minimum atomic E-state index is -0.000792. The number of ether oxygens (including phenoxy) is 1. The van der Waals surface area contributed by atoms with Crippen LogP contribution < -0.4 is 4.90 Å². The van der Waals surface area contributed by atoms with E-state index in [2.05, 4.69) is 50.7 Å². The molecule has 2 aromatic rings. The quantitative estimate of drug-likeness (QED) is 0.793. The van der Waals surface area contributed by atoms with Crippen molar-refractivity contribution in [3.8, 4) is 0 Å². The zero-order valence-electron chi connectivity index (χ0n) is 10.5. The van der Waals surface area contributed by atoms with E-state index in [0.29, 0.717) is 0 Å². The van der Waals surface area contributed by atoms with Crippen LogP contribution in [0.25, 0.3) is 4.96 Å². The molecule has 3 heterocycles. The van der Waals surface area contributed by atoms with E-state index in [1.54, 1.807) is 11.3 Å². The molecule has 1 saturated heterocycles. The Morgan fingerprint density at radius 1 is 1.56 bits per heavy atom. The fourth-order valence-corrected chi connectivity index (χ4v) is 3.66. The van der Waals surface area contributed by atoms with Crippen molar-refractivity contribution in [3.05, 3.63) is 17.3 Å². The van der Waals surface area contributed by atoms with Gasteiger partial charge < -0.3 is 9.64 Å². The van der Waals surface area contributed by atoms with E-state index >= 15 is 0 Å². The summed E-state index contributed by atoms with van der Waals surface area (Å²) in [4.78, 5) is 8.21. The predicted molar refractivity (Wildman–Crippen MR) is 77.9 cm³/mol. The third kappa shape index (κ3) is 1.87. The molecular weight excluding hydrogens is 314 g/mol. The number of hydrogen-bond donors (Lipinski definition) is 0. The van der Waals surface area contributed by atoms with E-state index in [0.717, 1.165) is 35.9 Å². The monoisotopic (exact) mass is 329 g/mol. The average Bonchev–Trinajstić information content (AvgIpc) is 2.87. The largest absolute Gasteiger partial charge is 0.377 e. The molecule has 0 atom stereocenters. The fourth-order valence-electron chi connectivity index (χ4n) is 2.41. The number of imidazole rings is 1. The number of anilines is 1. The van der Waals surface area contributed by atoms with E-state index in [-0.39, 0.29) is 5.54 Å². The van der Waals surface area contributed by atoms with E-state index in [1.165, 1.54) is 5.69 Å². The van der Waals surface area contributed by atoms with Gasteiger partial charge in [0.25, 0.3) is 0 Å². The Morgan fingerprint density at radius 2 is 2.39 bits per heavy atom. The minimum absolute atomic E-state index is 0.000792. The first kappa shape index (κ1) is 12.4. The van der Waals surface area contributed by atoms with E-state index in [1.807, 2.05) is 0 Å². The number of aromatic nitrogens is 2. The van der Waals surface area contributed by atoms with Crippen molar-refractivity contribution in [2.75, 3.05) is 24.7 Å². The molecule has 0 aliphatic carbocycles. The highest BCUT2D eigenvalue weighted by Gasteiger charge is 2.34. The SMILES string of the molecule is CC1(C)COCCN1c1nc2sccn2c1CBr. The van der Waals surface area contributed by atoms with Gasteiger partial charge in [-0.1, -0.05) is 15.9 Å². The average molecular weight is 330 g/mol. The van der Waals surface area contributed by atoms with Crippen molar-refractivity contribution in [1.29, 1.82) is 0 Å². The van der Waals surface area contributed by atoms with E-state index in [4.69, 9.17) is 9.72 Å². The fraction of sp³-hybridized carbons (Fsp3) is 0.583. The topological polar surface area (TPSA) is 29.8 Å². The van der Waals surface area contributed by atoms with Crippen molar-refractivity contribution in [3.63, 3.8) is 0 Å². The summed E-state index contributed by atoms with van der Waals surface area (Å²) in [6, 6.07) is 0.